The quantitative estimate of drug-likeness (QED) is 0.780. The van der Waals surface area contributed by atoms with Crippen LogP contribution in [-0.4, -0.2) is 30.4 Å². The minimum atomic E-state index is -0.0803. The Morgan fingerprint density at radius 1 is 1.50 bits per heavy atom. The highest BCUT2D eigenvalue weighted by Crippen LogP contribution is 2.38. The van der Waals surface area contributed by atoms with E-state index in [-0.39, 0.29) is 11.9 Å². The van der Waals surface area contributed by atoms with Crippen molar-refractivity contribution in [3.63, 3.8) is 0 Å². The van der Waals surface area contributed by atoms with Crippen LogP contribution in [0.2, 0.25) is 0 Å². The maximum atomic E-state index is 12.3. The summed E-state index contributed by atoms with van der Waals surface area (Å²) in [5.41, 5.74) is 1.14. The van der Waals surface area contributed by atoms with E-state index in [1.165, 1.54) is 12.8 Å². The maximum absolute atomic E-state index is 12.3. The highest BCUT2D eigenvalue weighted by molar-refractivity contribution is 7.98. The predicted octanol–water partition coefficient (Wildman–Crippen LogP) is 3.53. The van der Waals surface area contributed by atoms with Gasteiger partial charge in [-0.15, -0.1) is 0 Å². The molecule has 0 spiro atoms. The van der Waals surface area contributed by atoms with Gasteiger partial charge in [-0.3, -0.25) is 4.79 Å². The average Bonchev–Trinajstić information content (AvgIpc) is 3.04. The predicted molar refractivity (Wildman–Crippen MR) is 88.2 cm³/mol. The van der Waals surface area contributed by atoms with Gasteiger partial charge < -0.3 is 14.5 Å². The van der Waals surface area contributed by atoms with Crippen LogP contribution >= 0.6 is 11.8 Å². The third-order valence-corrected chi connectivity index (χ3v) is 5.82. The number of ether oxygens (including phenoxy) is 1. The van der Waals surface area contributed by atoms with Gasteiger partial charge >= 0.3 is 0 Å². The fourth-order valence-electron chi connectivity index (χ4n) is 3.21. The fourth-order valence-corrected chi connectivity index (χ4v) is 4.35. The zero-order valence-corrected chi connectivity index (χ0v) is 14.2. The monoisotopic (exact) mass is 323 g/mol. The number of furan rings is 1. The van der Waals surface area contributed by atoms with Crippen molar-refractivity contribution in [3.8, 4) is 0 Å². The van der Waals surface area contributed by atoms with Crippen LogP contribution in [0.4, 0.5) is 0 Å². The van der Waals surface area contributed by atoms with Crippen molar-refractivity contribution in [1.29, 1.82) is 0 Å². The molecule has 3 rings (SSSR count). The number of hydrogen-bond donors (Lipinski definition) is 1. The lowest BCUT2D eigenvalue weighted by Crippen LogP contribution is -2.53. The Hall–Kier alpha value is -0.940. The summed E-state index contributed by atoms with van der Waals surface area (Å²) in [5, 5.41) is 3.10. The second-order valence-electron chi connectivity index (χ2n) is 6.28. The molecule has 5 heteroatoms. The Bertz CT molecular complexity index is 528. The molecule has 0 bridgehead atoms. The summed E-state index contributed by atoms with van der Waals surface area (Å²) in [5.74, 6) is 3.82. The number of carbonyl (C=O) groups is 1. The number of carbonyl (C=O) groups excluding carboxylic acids is 1. The van der Waals surface area contributed by atoms with E-state index in [0.29, 0.717) is 17.8 Å². The van der Waals surface area contributed by atoms with Gasteiger partial charge in [0, 0.05) is 29.9 Å². The van der Waals surface area contributed by atoms with Crippen molar-refractivity contribution in [3.05, 3.63) is 23.2 Å². The molecule has 0 aromatic carbocycles. The standard InChI is InChI=1S/C17H25NO3S/c1-3-4-7-22-10-12-8-16(21-11(12)2)17(19)18-14-9-15-13(14)5-6-20-15/h8,13-15H,3-7,9-10H2,1-2H3,(H,18,19)/t13-,14+,15+/m0/s1. The Morgan fingerprint density at radius 2 is 2.36 bits per heavy atom. The van der Waals surface area contributed by atoms with Crippen molar-refractivity contribution in [2.75, 3.05) is 12.4 Å². The van der Waals surface area contributed by atoms with Crippen LogP contribution in [0.25, 0.3) is 0 Å². The Kier molecular flexibility index (Phi) is 5.14. The van der Waals surface area contributed by atoms with Crippen LogP contribution in [0.5, 0.6) is 0 Å². The first-order valence-corrected chi connectivity index (χ1v) is 9.44. The van der Waals surface area contributed by atoms with Gasteiger partial charge in [-0.25, -0.2) is 0 Å². The van der Waals surface area contributed by atoms with Crippen LogP contribution < -0.4 is 5.32 Å². The van der Waals surface area contributed by atoms with Crippen LogP contribution in [0, 0.1) is 12.8 Å². The molecule has 1 aliphatic heterocycles. The van der Waals surface area contributed by atoms with Gasteiger partial charge in [-0.05, 0) is 38.0 Å². The van der Waals surface area contributed by atoms with Crippen molar-refractivity contribution in [2.24, 2.45) is 5.92 Å². The van der Waals surface area contributed by atoms with Gasteiger partial charge in [0.15, 0.2) is 5.76 Å². The minimum Gasteiger partial charge on any atom is -0.456 e. The van der Waals surface area contributed by atoms with Gasteiger partial charge in [0.2, 0.25) is 0 Å². The summed E-state index contributed by atoms with van der Waals surface area (Å²) in [4.78, 5) is 12.3. The summed E-state index contributed by atoms with van der Waals surface area (Å²) < 4.78 is 11.2. The van der Waals surface area contributed by atoms with Crippen molar-refractivity contribution in [1.82, 2.24) is 5.32 Å². The molecular formula is C17H25NO3S. The van der Waals surface area contributed by atoms with Crippen LogP contribution in [0.3, 0.4) is 0 Å². The summed E-state index contributed by atoms with van der Waals surface area (Å²) in [6.45, 7) is 4.98. The first kappa shape index (κ1) is 15.9. The number of unbranched alkanes of at least 4 members (excludes halogenated alkanes) is 1. The molecule has 1 N–H and O–H groups in total. The van der Waals surface area contributed by atoms with E-state index in [1.807, 2.05) is 24.8 Å². The number of aryl methyl sites for hydroxylation is 1. The van der Waals surface area contributed by atoms with E-state index in [0.717, 1.165) is 42.3 Å². The number of amides is 1. The molecule has 4 nitrogen and oxygen atoms in total. The smallest absolute Gasteiger partial charge is 0.287 e. The zero-order chi connectivity index (χ0) is 15.5. The molecule has 1 saturated heterocycles. The molecule has 2 heterocycles. The van der Waals surface area contributed by atoms with Gasteiger partial charge in [-0.2, -0.15) is 11.8 Å². The summed E-state index contributed by atoms with van der Waals surface area (Å²) >= 11 is 1.90. The second kappa shape index (κ2) is 7.09. The molecule has 0 unspecified atom stereocenters. The lowest BCUT2D eigenvalue weighted by atomic mass is 9.76. The normalized spacial score (nSPS) is 26.5. The third-order valence-electron chi connectivity index (χ3n) is 4.72. The van der Waals surface area contributed by atoms with E-state index in [1.54, 1.807) is 0 Å². The highest BCUT2D eigenvalue weighted by Gasteiger charge is 2.46. The second-order valence-corrected chi connectivity index (χ2v) is 7.38. The number of hydrogen-bond acceptors (Lipinski definition) is 4. The molecular weight excluding hydrogens is 298 g/mol. The number of fused-ring (bicyclic) bond motifs is 1. The van der Waals surface area contributed by atoms with E-state index >= 15 is 0 Å². The Morgan fingerprint density at radius 3 is 3.14 bits per heavy atom. The molecule has 22 heavy (non-hydrogen) atoms. The van der Waals surface area contributed by atoms with Crippen LogP contribution in [0.15, 0.2) is 10.5 Å². The third kappa shape index (κ3) is 3.35. The van der Waals surface area contributed by atoms with Crippen LogP contribution in [-0.2, 0) is 10.5 Å². The number of nitrogens with one attached hydrogen (secondary N) is 1. The van der Waals surface area contributed by atoms with Gasteiger partial charge in [-0.1, -0.05) is 13.3 Å². The fraction of sp³-hybridized carbons (Fsp3) is 0.706. The van der Waals surface area contributed by atoms with E-state index in [9.17, 15) is 4.79 Å². The summed E-state index contributed by atoms with van der Waals surface area (Å²) in [7, 11) is 0. The molecule has 3 atom stereocenters. The molecule has 2 aliphatic rings. The molecule has 1 aromatic heterocycles. The van der Waals surface area contributed by atoms with Gasteiger partial charge in [0.1, 0.15) is 5.76 Å². The molecule has 1 aliphatic carbocycles. The zero-order valence-electron chi connectivity index (χ0n) is 13.4. The lowest BCUT2D eigenvalue weighted by Gasteiger charge is -2.39. The van der Waals surface area contributed by atoms with Gasteiger partial charge in [0.25, 0.3) is 5.91 Å². The van der Waals surface area contributed by atoms with Crippen LogP contribution in [0.1, 0.15) is 54.5 Å². The highest BCUT2D eigenvalue weighted by atomic mass is 32.2. The molecule has 2 fully saturated rings. The van der Waals surface area contributed by atoms with Crippen molar-refractivity contribution < 1.29 is 13.9 Å². The van der Waals surface area contributed by atoms with Gasteiger partial charge in [0.05, 0.1) is 6.10 Å². The lowest BCUT2D eigenvalue weighted by molar-refractivity contribution is 0.00771. The maximum Gasteiger partial charge on any atom is 0.287 e. The topological polar surface area (TPSA) is 51.5 Å². The van der Waals surface area contributed by atoms with E-state index in [2.05, 4.69) is 12.2 Å². The first-order valence-electron chi connectivity index (χ1n) is 8.28. The molecule has 0 radical (unpaired) electrons. The number of rotatable bonds is 7. The van der Waals surface area contributed by atoms with Crippen molar-refractivity contribution in [2.45, 2.75) is 57.4 Å². The average molecular weight is 323 g/mol. The molecule has 1 aromatic rings. The summed E-state index contributed by atoms with van der Waals surface area (Å²) in [6.07, 6.45) is 4.83. The largest absolute Gasteiger partial charge is 0.456 e. The molecule has 1 saturated carbocycles. The van der Waals surface area contributed by atoms with Crippen molar-refractivity contribution >= 4 is 17.7 Å². The Labute approximate surface area is 136 Å². The Balaban J connectivity index is 1.52. The minimum absolute atomic E-state index is 0.0803. The molecule has 122 valence electrons. The van der Waals surface area contributed by atoms with E-state index < -0.39 is 0 Å². The van der Waals surface area contributed by atoms with E-state index in [4.69, 9.17) is 9.15 Å². The SMILES string of the molecule is CCCCSCc1cc(C(=O)N[C@@H]2C[C@H]3OCC[C@@H]23)oc1C. The number of thioether (sulfide) groups is 1. The first-order chi connectivity index (χ1) is 10.7. The summed E-state index contributed by atoms with van der Waals surface area (Å²) in [6, 6.07) is 2.16. The molecule has 1 amide bonds.